The molecule has 1 amide bonds. The van der Waals surface area contributed by atoms with Gasteiger partial charge in [-0.15, -0.1) is 0 Å². The van der Waals surface area contributed by atoms with Crippen LogP contribution < -0.4 is 14.8 Å². The molecule has 4 nitrogen and oxygen atoms in total. The van der Waals surface area contributed by atoms with Crippen LogP contribution in [0.3, 0.4) is 0 Å². The zero-order valence-electron chi connectivity index (χ0n) is 15.3. The van der Waals surface area contributed by atoms with Crippen LogP contribution in [-0.4, -0.2) is 20.1 Å². The largest absolute Gasteiger partial charge is 0.497 e. The zero-order chi connectivity index (χ0) is 18.5. The van der Waals surface area contributed by atoms with Crippen LogP contribution in [0, 0.1) is 0 Å². The number of carbonyl (C=O) groups excluding carboxylic acids is 1. The molecule has 134 valence electrons. The minimum absolute atomic E-state index is 0.0290. The highest BCUT2D eigenvalue weighted by atomic mass is 16.5. The van der Waals surface area contributed by atoms with E-state index < -0.39 is 0 Å². The molecule has 3 aromatic rings. The van der Waals surface area contributed by atoms with Gasteiger partial charge in [0.25, 0.3) is 0 Å². The molecule has 1 atom stereocenters. The summed E-state index contributed by atoms with van der Waals surface area (Å²) >= 11 is 0. The second-order valence-corrected chi connectivity index (χ2v) is 6.21. The summed E-state index contributed by atoms with van der Waals surface area (Å²) in [5.41, 5.74) is 1.91. The highest BCUT2D eigenvalue weighted by molar-refractivity contribution is 5.90. The molecule has 0 unspecified atom stereocenters. The first kappa shape index (κ1) is 17.8. The lowest BCUT2D eigenvalue weighted by Gasteiger charge is -2.18. The molecule has 4 heteroatoms. The number of ether oxygens (including phenoxy) is 2. The third-order valence-electron chi connectivity index (χ3n) is 4.51. The number of benzene rings is 3. The van der Waals surface area contributed by atoms with Crippen LogP contribution in [0.5, 0.6) is 11.5 Å². The molecule has 1 N–H and O–H groups in total. The van der Waals surface area contributed by atoms with Gasteiger partial charge in [-0.1, -0.05) is 42.5 Å². The molecular weight excluding hydrogens is 326 g/mol. The maximum absolute atomic E-state index is 12.6. The molecule has 0 bridgehead atoms. The molecular formula is C22H23NO3. The molecule has 0 radical (unpaired) electrons. The number of hydrogen-bond donors (Lipinski definition) is 1. The second kappa shape index (κ2) is 7.91. The van der Waals surface area contributed by atoms with Gasteiger partial charge in [-0.2, -0.15) is 0 Å². The number of methoxy groups -OCH3 is 2. The van der Waals surface area contributed by atoms with Crippen molar-refractivity contribution in [1.82, 2.24) is 5.32 Å². The van der Waals surface area contributed by atoms with Crippen LogP contribution in [0.25, 0.3) is 10.8 Å². The Balaban J connectivity index is 1.77. The fourth-order valence-electron chi connectivity index (χ4n) is 3.17. The summed E-state index contributed by atoms with van der Waals surface area (Å²) in [5.74, 6) is 1.43. The van der Waals surface area contributed by atoms with E-state index in [2.05, 4.69) is 17.4 Å². The molecule has 0 aliphatic rings. The molecule has 0 fully saturated rings. The lowest BCUT2D eigenvalue weighted by atomic mass is 10.0. The zero-order valence-corrected chi connectivity index (χ0v) is 15.3. The Hall–Kier alpha value is -3.01. The van der Waals surface area contributed by atoms with Gasteiger partial charge in [0, 0.05) is 5.56 Å². The number of nitrogens with one attached hydrogen (secondary N) is 1. The van der Waals surface area contributed by atoms with E-state index in [9.17, 15) is 4.79 Å². The normalized spacial score (nSPS) is 11.8. The third kappa shape index (κ3) is 3.80. The van der Waals surface area contributed by atoms with Crippen molar-refractivity contribution in [2.75, 3.05) is 14.2 Å². The number of fused-ring (bicyclic) bond motifs is 1. The summed E-state index contributed by atoms with van der Waals surface area (Å²) in [7, 11) is 3.24. The summed E-state index contributed by atoms with van der Waals surface area (Å²) in [5, 5.41) is 5.31. The summed E-state index contributed by atoms with van der Waals surface area (Å²) in [4.78, 5) is 12.6. The van der Waals surface area contributed by atoms with Crippen LogP contribution >= 0.6 is 0 Å². The first-order valence-corrected chi connectivity index (χ1v) is 8.60. The van der Waals surface area contributed by atoms with Gasteiger partial charge in [0.05, 0.1) is 26.7 Å². The Morgan fingerprint density at radius 1 is 1.00 bits per heavy atom. The molecule has 0 spiro atoms. The van der Waals surface area contributed by atoms with E-state index in [1.165, 1.54) is 0 Å². The van der Waals surface area contributed by atoms with E-state index in [-0.39, 0.29) is 11.9 Å². The Morgan fingerprint density at radius 2 is 1.77 bits per heavy atom. The molecule has 0 heterocycles. The van der Waals surface area contributed by atoms with Gasteiger partial charge >= 0.3 is 0 Å². The molecule has 0 aromatic heterocycles. The van der Waals surface area contributed by atoms with Crippen LogP contribution in [0.1, 0.15) is 24.1 Å². The maximum Gasteiger partial charge on any atom is 0.224 e. The quantitative estimate of drug-likeness (QED) is 0.723. The van der Waals surface area contributed by atoms with Crippen molar-refractivity contribution in [2.45, 2.75) is 19.4 Å². The predicted octanol–water partition coefficient (Wildman–Crippen LogP) is 4.28. The van der Waals surface area contributed by atoms with Crippen LogP contribution in [0.2, 0.25) is 0 Å². The molecule has 3 rings (SSSR count). The van der Waals surface area contributed by atoms with Crippen molar-refractivity contribution < 1.29 is 14.3 Å². The van der Waals surface area contributed by atoms with Crippen molar-refractivity contribution in [1.29, 1.82) is 0 Å². The van der Waals surface area contributed by atoms with E-state index >= 15 is 0 Å². The Kier molecular flexibility index (Phi) is 5.42. The van der Waals surface area contributed by atoms with Gasteiger partial charge < -0.3 is 14.8 Å². The van der Waals surface area contributed by atoms with Crippen molar-refractivity contribution in [3.8, 4) is 11.5 Å². The predicted molar refractivity (Wildman–Crippen MR) is 104 cm³/mol. The number of rotatable bonds is 6. The van der Waals surface area contributed by atoms with Crippen molar-refractivity contribution >= 4 is 16.7 Å². The second-order valence-electron chi connectivity index (χ2n) is 6.21. The number of amides is 1. The molecule has 3 aromatic carbocycles. The lowest BCUT2D eigenvalue weighted by Crippen LogP contribution is -2.28. The fraction of sp³-hybridized carbons (Fsp3) is 0.227. The van der Waals surface area contributed by atoms with E-state index in [1.807, 2.05) is 55.5 Å². The minimum atomic E-state index is -0.192. The standard InChI is InChI=1S/C22H23NO3/c1-15(20-14-18(25-2)11-12-21(20)26-3)23-22(24)13-17-9-6-8-16-7-4-5-10-19(16)17/h4-12,14-15H,13H2,1-3H3,(H,23,24)/t15-/m1/s1. The first-order valence-electron chi connectivity index (χ1n) is 8.60. The lowest BCUT2D eigenvalue weighted by molar-refractivity contribution is -0.121. The monoisotopic (exact) mass is 349 g/mol. The van der Waals surface area contributed by atoms with Crippen molar-refractivity contribution in [3.63, 3.8) is 0 Å². The third-order valence-corrected chi connectivity index (χ3v) is 4.51. The van der Waals surface area contributed by atoms with Crippen LogP contribution in [0.4, 0.5) is 0 Å². The smallest absolute Gasteiger partial charge is 0.224 e. The minimum Gasteiger partial charge on any atom is -0.497 e. The van der Waals surface area contributed by atoms with Gasteiger partial charge in [-0.3, -0.25) is 4.79 Å². The van der Waals surface area contributed by atoms with Crippen LogP contribution in [0.15, 0.2) is 60.7 Å². The summed E-state index contributed by atoms with van der Waals surface area (Å²) in [6, 6.07) is 19.5. The topological polar surface area (TPSA) is 47.6 Å². The molecule has 0 aliphatic carbocycles. The Morgan fingerprint density at radius 3 is 2.54 bits per heavy atom. The molecule has 0 saturated carbocycles. The van der Waals surface area contributed by atoms with Gasteiger partial charge in [0.1, 0.15) is 11.5 Å². The van der Waals surface area contributed by atoms with E-state index in [1.54, 1.807) is 14.2 Å². The molecule has 0 saturated heterocycles. The van der Waals surface area contributed by atoms with E-state index in [0.717, 1.165) is 33.4 Å². The highest BCUT2D eigenvalue weighted by Crippen LogP contribution is 2.29. The van der Waals surface area contributed by atoms with Crippen molar-refractivity contribution in [2.24, 2.45) is 0 Å². The number of hydrogen-bond acceptors (Lipinski definition) is 3. The van der Waals surface area contributed by atoms with Gasteiger partial charge in [-0.05, 0) is 41.5 Å². The average molecular weight is 349 g/mol. The number of carbonyl (C=O) groups is 1. The van der Waals surface area contributed by atoms with Gasteiger partial charge in [0.15, 0.2) is 0 Å². The Labute approximate surface area is 153 Å². The van der Waals surface area contributed by atoms with Crippen molar-refractivity contribution in [3.05, 3.63) is 71.8 Å². The van der Waals surface area contributed by atoms with Gasteiger partial charge in [0.2, 0.25) is 5.91 Å². The maximum atomic E-state index is 12.6. The highest BCUT2D eigenvalue weighted by Gasteiger charge is 2.16. The Bertz CT molecular complexity index is 915. The summed E-state index contributed by atoms with van der Waals surface area (Å²) in [6.07, 6.45) is 0.331. The fourth-order valence-corrected chi connectivity index (χ4v) is 3.17. The van der Waals surface area contributed by atoms with Crippen LogP contribution in [-0.2, 0) is 11.2 Å². The summed E-state index contributed by atoms with van der Waals surface area (Å²) < 4.78 is 10.7. The summed E-state index contributed by atoms with van der Waals surface area (Å²) in [6.45, 7) is 1.94. The SMILES string of the molecule is COc1ccc(OC)c([C@@H](C)NC(=O)Cc2cccc3ccccc23)c1. The van der Waals surface area contributed by atoms with E-state index in [0.29, 0.717) is 6.42 Å². The van der Waals surface area contributed by atoms with E-state index in [4.69, 9.17) is 9.47 Å². The molecule has 26 heavy (non-hydrogen) atoms. The van der Waals surface area contributed by atoms with Gasteiger partial charge in [-0.25, -0.2) is 0 Å². The molecule has 0 aliphatic heterocycles. The average Bonchev–Trinajstić information content (AvgIpc) is 2.67. The first-order chi connectivity index (χ1) is 12.6.